The number of aliphatic hydroxyl groups excluding tert-OH is 1. The Labute approximate surface area is 83.0 Å². The van der Waals surface area contributed by atoms with Crippen molar-refractivity contribution in [2.75, 3.05) is 6.61 Å². The number of pyridine rings is 1. The van der Waals surface area contributed by atoms with E-state index in [9.17, 15) is 9.90 Å². The normalized spacial score (nSPS) is 14.5. The van der Waals surface area contributed by atoms with Crippen LogP contribution in [0.3, 0.4) is 0 Å². The monoisotopic (exact) mass is 194 g/mol. The molecule has 1 amide bonds. The number of hydrogen-bond donors (Lipinski definition) is 2. The summed E-state index contributed by atoms with van der Waals surface area (Å²) in [4.78, 5) is 15.0. The van der Waals surface area contributed by atoms with Crippen LogP contribution in [-0.4, -0.2) is 22.6 Å². The summed E-state index contributed by atoms with van der Waals surface area (Å²) in [7, 11) is 0. The van der Waals surface area contributed by atoms with E-state index in [1.807, 2.05) is 6.07 Å². The molecular weight excluding hydrogens is 180 g/mol. The smallest absolute Gasteiger partial charge is 0.217 e. The van der Waals surface area contributed by atoms with E-state index in [2.05, 4.69) is 10.3 Å². The summed E-state index contributed by atoms with van der Waals surface area (Å²) in [5.74, 6) is -0.188. The lowest BCUT2D eigenvalue weighted by atomic mass is 9.98. The molecule has 14 heavy (non-hydrogen) atoms. The summed E-state index contributed by atoms with van der Waals surface area (Å²) >= 11 is 0. The molecule has 0 bridgehead atoms. The second-order valence-electron chi connectivity index (χ2n) is 3.39. The van der Waals surface area contributed by atoms with Gasteiger partial charge in [-0.3, -0.25) is 9.78 Å². The first-order chi connectivity index (χ1) is 6.58. The molecule has 0 aromatic carbocycles. The number of rotatable bonds is 3. The van der Waals surface area contributed by atoms with Crippen molar-refractivity contribution in [3.8, 4) is 0 Å². The lowest BCUT2D eigenvalue weighted by Gasteiger charge is -2.27. The first kappa shape index (κ1) is 10.7. The summed E-state index contributed by atoms with van der Waals surface area (Å²) < 4.78 is 0. The van der Waals surface area contributed by atoms with Gasteiger partial charge in [-0.25, -0.2) is 0 Å². The van der Waals surface area contributed by atoms with Crippen molar-refractivity contribution >= 4 is 5.91 Å². The van der Waals surface area contributed by atoms with Crippen LogP contribution in [0.15, 0.2) is 24.4 Å². The number of carbonyl (C=O) groups excluding carboxylic acids is 1. The quantitative estimate of drug-likeness (QED) is 0.733. The fourth-order valence-electron chi connectivity index (χ4n) is 1.26. The number of nitrogens with zero attached hydrogens (tertiary/aromatic N) is 1. The highest BCUT2D eigenvalue weighted by atomic mass is 16.3. The van der Waals surface area contributed by atoms with Gasteiger partial charge >= 0.3 is 0 Å². The Morgan fingerprint density at radius 3 is 2.79 bits per heavy atom. The molecule has 76 valence electrons. The Bertz CT molecular complexity index is 313. The number of aliphatic hydroxyl groups is 1. The van der Waals surface area contributed by atoms with Gasteiger partial charge in [-0.2, -0.15) is 0 Å². The van der Waals surface area contributed by atoms with Crippen molar-refractivity contribution in [1.82, 2.24) is 10.3 Å². The van der Waals surface area contributed by atoms with Crippen LogP contribution in [0, 0.1) is 0 Å². The van der Waals surface area contributed by atoms with E-state index >= 15 is 0 Å². The van der Waals surface area contributed by atoms with Crippen molar-refractivity contribution in [2.24, 2.45) is 0 Å². The van der Waals surface area contributed by atoms with Crippen molar-refractivity contribution < 1.29 is 9.90 Å². The van der Waals surface area contributed by atoms with Crippen molar-refractivity contribution in [3.05, 3.63) is 30.1 Å². The van der Waals surface area contributed by atoms with Crippen molar-refractivity contribution in [3.63, 3.8) is 0 Å². The molecule has 2 N–H and O–H groups in total. The minimum atomic E-state index is -0.799. The van der Waals surface area contributed by atoms with Crippen LogP contribution >= 0.6 is 0 Å². The fraction of sp³-hybridized carbons (Fsp3) is 0.400. The third kappa shape index (κ3) is 2.29. The van der Waals surface area contributed by atoms with Crippen LogP contribution in [0.4, 0.5) is 0 Å². The van der Waals surface area contributed by atoms with E-state index in [1.54, 1.807) is 25.3 Å². The van der Waals surface area contributed by atoms with Crippen LogP contribution in [0.1, 0.15) is 19.5 Å². The third-order valence-corrected chi connectivity index (χ3v) is 2.00. The van der Waals surface area contributed by atoms with E-state index in [0.29, 0.717) is 5.69 Å². The number of aromatic nitrogens is 1. The lowest BCUT2D eigenvalue weighted by molar-refractivity contribution is -0.121. The van der Waals surface area contributed by atoms with E-state index in [4.69, 9.17) is 0 Å². The number of hydrogen-bond acceptors (Lipinski definition) is 3. The minimum absolute atomic E-state index is 0.177. The van der Waals surface area contributed by atoms with E-state index in [1.165, 1.54) is 6.92 Å². The highest BCUT2D eigenvalue weighted by Crippen LogP contribution is 2.16. The highest BCUT2D eigenvalue weighted by Gasteiger charge is 2.27. The van der Waals surface area contributed by atoms with Gasteiger partial charge in [0.15, 0.2) is 0 Å². The predicted molar refractivity (Wildman–Crippen MR) is 52.5 cm³/mol. The lowest BCUT2D eigenvalue weighted by Crippen LogP contribution is -2.45. The molecule has 1 atom stereocenters. The Balaban J connectivity index is 2.95. The first-order valence-corrected chi connectivity index (χ1v) is 4.39. The second kappa shape index (κ2) is 4.19. The van der Waals surface area contributed by atoms with Gasteiger partial charge in [0.2, 0.25) is 5.91 Å². The van der Waals surface area contributed by atoms with E-state index in [-0.39, 0.29) is 12.5 Å². The highest BCUT2D eigenvalue weighted by molar-refractivity contribution is 5.74. The molecule has 0 fully saturated rings. The summed E-state index contributed by atoms with van der Waals surface area (Å²) in [5.41, 5.74) is -0.148. The standard InChI is InChI=1S/C10H14N2O2/c1-8(14)12-10(2,7-13)9-5-3-4-6-11-9/h3-6,13H,7H2,1-2H3,(H,12,14)/t10-/m1/s1. The zero-order chi connectivity index (χ0) is 10.6. The van der Waals surface area contributed by atoms with Gasteiger partial charge in [0.1, 0.15) is 5.54 Å². The van der Waals surface area contributed by atoms with Gasteiger partial charge in [-0.1, -0.05) is 6.07 Å². The van der Waals surface area contributed by atoms with Crippen molar-refractivity contribution in [1.29, 1.82) is 0 Å². The zero-order valence-electron chi connectivity index (χ0n) is 8.32. The zero-order valence-corrected chi connectivity index (χ0v) is 8.32. The second-order valence-corrected chi connectivity index (χ2v) is 3.39. The summed E-state index contributed by atoms with van der Waals surface area (Å²) in [5, 5.41) is 11.9. The number of amides is 1. The van der Waals surface area contributed by atoms with Crippen LogP contribution in [0.2, 0.25) is 0 Å². The maximum Gasteiger partial charge on any atom is 0.217 e. The molecule has 4 heteroatoms. The molecule has 0 spiro atoms. The minimum Gasteiger partial charge on any atom is -0.394 e. The molecular formula is C10H14N2O2. The summed E-state index contributed by atoms with van der Waals surface area (Å²) in [6.07, 6.45) is 1.63. The molecule has 0 saturated carbocycles. The number of nitrogens with one attached hydrogen (secondary N) is 1. The fourth-order valence-corrected chi connectivity index (χ4v) is 1.26. The molecule has 1 rings (SSSR count). The molecule has 0 aliphatic carbocycles. The average molecular weight is 194 g/mol. The molecule has 4 nitrogen and oxygen atoms in total. The average Bonchev–Trinajstić information content (AvgIpc) is 2.18. The van der Waals surface area contributed by atoms with Gasteiger partial charge in [-0.05, 0) is 19.1 Å². The third-order valence-electron chi connectivity index (χ3n) is 2.00. The van der Waals surface area contributed by atoms with E-state index < -0.39 is 5.54 Å². The molecule has 0 aliphatic heterocycles. The Morgan fingerprint density at radius 1 is 1.64 bits per heavy atom. The van der Waals surface area contributed by atoms with Gasteiger partial charge in [-0.15, -0.1) is 0 Å². The predicted octanol–water partition coefficient (Wildman–Crippen LogP) is 0.425. The molecule has 1 aromatic heterocycles. The van der Waals surface area contributed by atoms with Crippen LogP contribution in [0.5, 0.6) is 0 Å². The SMILES string of the molecule is CC(=O)N[C@](C)(CO)c1ccccn1. The van der Waals surface area contributed by atoms with Crippen LogP contribution < -0.4 is 5.32 Å². The van der Waals surface area contributed by atoms with Gasteiger partial charge < -0.3 is 10.4 Å². The summed E-state index contributed by atoms with van der Waals surface area (Å²) in [6, 6.07) is 5.37. The largest absolute Gasteiger partial charge is 0.394 e. The molecule has 0 unspecified atom stereocenters. The molecule has 0 saturated heterocycles. The molecule has 0 aliphatic rings. The molecule has 1 aromatic rings. The Hall–Kier alpha value is -1.42. The van der Waals surface area contributed by atoms with Gasteiger partial charge in [0.25, 0.3) is 0 Å². The number of carbonyl (C=O) groups is 1. The first-order valence-electron chi connectivity index (χ1n) is 4.39. The summed E-state index contributed by atoms with van der Waals surface area (Å²) in [6.45, 7) is 2.97. The molecule has 1 heterocycles. The topological polar surface area (TPSA) is 62.2 Å². The maximum atomic E-state index is 10.9. The van der Waals surface area contributed by atoms with Gasteiger partial charge in [0, 0.05) is 13.1 Å². The Morgan fingerprint density at radius 2 is 2.36 bits per heavy atom. The van der Waals surface area contributed by atoms with Crippen LogP contribution in [-0.2, 0) is 10.3 Å². The van der Waals surface area contributed by atoms with E-state index in [0.717, 1.165) is 0 Å². The van der Waals surface area contributed by atoms with Crippen molar-refractivity contribution in [2.45, 2.75) is 19.4 Å². The van der Waals surface area contributed by atoms with Gasteiger partial charge in [0.05, 0.1) is 12.3 Å². The Kier molecular flexibility index (Phi) is 3.19. The van der Waals surface area contributed by atoms with Crippen LogP contribution in [0.25, 0.3) is 0 Å². The molecule has 0 radical (unpaired) electrons. The maximum absolute atomic E-state index is 10.9.